The highest BCUT2D eigenvalue weighted by atomic mass is 16.5. The first-order valence-electron chi connectivity index (χ1n) is 8.18. The van der Waals surface area contributed by atoms with Crippen molar-refractivity contribution in [1.29, 1.82) is 0 Å². The maximum Gasteiger partial charge on any atom is 0.311 e. The minimum atomic E-state index is -0.256. The Labute approximate surface area is 145 Å². The first kappa shape index (κ1) is 15.6. The molecule has 0 unspecified atom stereocenters. The van der Waals surface area contributed by atoms with Crippen LogP contribution >= 0.6 is 0 Å². The molecule has 128 valence electrons. The van der Waals surface area contributed by atoms with E-state index in [2.05, 4.69) is 14.9 Å². The van der Waals surface area contributed by atoms with E-state index in [1.807, 2.05) is 42.1 Å². The van der Waals surface area contributed by atoms with Gasteiger partial charge in [0.15, 0.2) is 0 Å². The largest absolute Gasteiger partial charge is 0.469 e. The zero-order chi connectivity index (χ0) is 17.4. The summed E-state index contributed by atoms with van der Waals surface area (Å²) in [5.74, 6) is 0.321. The number of para-hydroxylation sites is 2. The molecule has 7 heteroatoms. The van der Waals surface area contributed by atoms with Gasteiger partial charge >= 0.3 is 5.97 Å². The molecule has 7 nitrogen and oxygen atoms in total. The minimum Gasteiger partial charge on any atom is -0.469 e. The minimum absolute atomic E-state index is 0.00761. The Morgan fingerprint density at radius 1 is 1.20 bits per heavy atom. The lowest BCUT2D eigenvalue weighted by Crippen LogP contribution is -2.25. The van der Waals surface area contributed by atoms with Gasteiger partial charge in [0.25, 0.3) is 0 Å². The molecule has 2 aromatic heterocycles. The molecule has 1 aliphatic rings. The molecule has 0 saturated carbocycles. The highest BCUT2D eigenvalue weighted by Crippen LogP contribution is 2.35. The number of fused-ring (bicyclic) bond motifs is 1. The molecule has 0 spiro atoms. The number of rotatable bonds is 3. The smallest absolute Gasteiger partial charge is 0.311 e. The number of imidazole rings is 1. The Kier molecular flexibility index (Phi) is 3.83. The molecule has 0 aliphatic carbocycles. The summed E-state index contributed by atoms with van der Waals surface area (Å²) in [7, 11) is 3.37. The van der Waals surface area contributed by atoms with Gasteiger partial charge in [0.1, 0.15) is 5.82 Å². The quantitative estimate of drug-likeness (QED) is 0.678. The van der Waals surface area contributed by atoms with E-state index in [0.717, 1.165) is 22.5 Å². The third-order valence-electron chi connectivity index (χ3n) is 4.82. The van der Waals surface area contributed by atoms with E-state index >= 15 is 0 Å². The number of methoxy groups -OCH3 is 1. The van der Waals surface area contributed by atoms with Crippen molar-refractivity contribution >= 4 is 22.8 Å². The Morgan fingerprint density at radius 3 is 2.72 bits per heavy atom. The number of carbonyl (C=O) groups excluding carboxylic acids is 1. The highest BCUT2D eigenvalue weighted by molar-refractivity contribution is 5.77. The van der Waals surface area contributed by atoms with Crippen molar-refractivity contribution in [1.82, 2.24) is 19.5 Å². The van der Waals surface area contributed by atoms with Crippen molar-refractivity contribution in [2.24, 2.45) is 13.0 Å². The highest BCUT2D eigenvalue weighted by Gasteiger charge is 2.41. The SMILES string of the molecule is COC(=O)[C@@H]1CN(c2cnc3ccccc3n2)C[C@H]1c1cncn1C. The van der Waals surface area contributed by atoms with E-state index in [-0.39, 0.29) is 17.8 Å². The zero-order valence-corrected chi connectivity index (χ0v) is 14.2. The summed E-state index contributed by atoms with van der Waals surface area (Å²) < 4.78 is 6.98. The van der Waals surface area contributed by atoms with Gasteiger partial charge in [0.2, 0.25) is 0 Å². The molecular formula is C18H19N5O2. The molecule has 1 fully saturated rings. The maximum absolute atomic E-state index is 12.3. The molecule has 3 aromatic rings. The van der Waals surface area contributed by atoms with Crippen molar-refractivity contribution in [3.05, 3.63) is 48.7 Å². The summed E-state index contributed by atoms with van der Waals surface area (Å²) in [6.07, 6.45) is 5.33. The first-order chi connectivity index (χ1) is 12.2. The lowest BCUT2D eigenvalue weighted by molar-refractivity contribution is -0.145. The summed E-state index contributed by atoms with van der Waals surface area (Å²) in [5, 5.41) is 0. The fourth-order valence-corrected chi connectivity index (χ4v) is 3.51. The van der Waals surface area contributed by atoms with Crippen LogP contribution in [0.15, 0.2) is 43.0 Å². The standard InChI is InChI=1S/C18H19N5O2/c1-22-11-19-7-16(22)12-9-23(10-13(12)18(24)25-2)17-8-20-14-5-3-4-6-15(14)21-17/h3-8,11-13H,9-10H2,1-2H3/t12-,13-/m1/s1. The fourth-order valence-electron chi connectivity index (χ4n) is 3.51. The molecule has 1 saturated heterocycles. The molecular weight excluding hydrogens is 318 g/mol. The number of aryl methyl sites for hydroxylation is 1. The van der Waals surface area contributed by atoms with E-state index in [1.165, 1.54) is 7.11 Å². The number of ether oxygens (including phenoxy) is 1. The van der Waals surface area contributed by atoms with E-state index in [0.29, 0.717) is 13.1 Å². The lowest BCUT2D eigenvalue weighted by atomic mass is 9.93. The summed E-state index contributed by atoms with van der Waals surface area (Å²) in [6, 6.07) is 7.77. The van der Waals surface area contributed by atoms with Crippen LogP contribution in [0.1, 0.15) is 11.6 Å². The summed E-state index contributed by atoms with van der Waals surface area (Å²) in [6.45, 7) is 1.22. The monoisotopic (exact) mass is 337 g/mol. The van der Waals surface area contributed by atoms with Crippen molar-refractivity contribution in [3.63, 3.8) is 0 Å². The molecule has 0 radical (unpaired) electrons. The predicted octanol–water partition coefficient (Wildman–Crippen LogP) is 1.76. The van der Waals surface area contributed by atoms with Crippen LogP contribution in [0.2, 0.25) is 0 Å². The molecule has 2 atom stereocenters. The second-order valence-corrected chi connectivity index (χ2v) is 6.29. The number of nitrogens with zero attached hydrogens (tertiary/aromatic N) is 5. The third kappa shape index (κ3) is 2.71. The number of hydrogen-bond acceptors (Lipinski definition) is 6. The number of anilines is 1. The van der Waals surface area contributed by atoms with E-state index in [4.69, 9.17) is 9.72 Å². The van der Waals surface area contributed by atoms with Crippen LogP contribution in [0, 0.1) is 5.92 Å². The predicted molar refractivity (Wildman–Crippen MR) is 93.2 cm³/mol. The van der Waals surface area contributed by atoms with E-state index in [1.54, 1.807) is 12.5 Å². The van der Waals surface area contributed by atoms with Crippen LogP contribution in [0.25, 0.3) is 11.0 Å². The number of hydrogen-bond donors (Lipinski definition) is 0. The second kappa shape index (κ2) is 6.16. The molecule has 1 aromatic carbocycles. The van der Waals surface area contributed by atoms with Gasteiger partial charge in [-0.3, -0.25) is 9.78 Å². The van der Waals surface area contributed by atoms with Gasteiger partial charge in [0, 0.05) is 37.9 Å². The van der Waals surface area contributed by atoms with Crippen LogP contribution in [0.3, 0.4) is 0 Å². The molecule has 25 heavy (non-hydrogen) atoms. The van der Waals surface area contributed by atoms with Crippen molar-refractivity contribution < 1.29 is 9.53 Å². The Balaban J connectivity index is 1.68. The molecule has 1 aliphatic heterocycles. The molecule has 3 heterocycles. The second-order valence-electron chi connectivity index (χ2n) is 6.29. The van der Waals surface area contributed by atoms with Gasteiger partial charge in [-0.15, -0.1) is 0 Å². The third-order valence-corrected chi connectivity index (χ3v) is 4.82. The summed E-state index contributed by atoms with van der Waals surface area (Å²) in [5.41, 5.74) is 2.73. The first-order valence-corrected chi connectivity index (χ1v) is 8.18. The van der Waals surface area contributed by atoms with Gasteiger partial charge < -0.3 is 14.2 Å². The molecule has 0 amide bonds. The number of esters is 1. The van der Waals surface area contributed by atoms with Crippen LogP contribution in [-0.4, -0.2) is 45.7 Å². The lowest BCUT2D eigenvalue weighted by Gasteiger charge is -2.17. The zero-order valence-electron chi connectivity index (χ0n) is 14.2. The van der Waals surface area contributed by atoms with Crippen LogP contribution in [0.4, 0.5) is 5.82 Å². The molecule has 0 bridgehead atoms. The summed E-state index contributed by atoms with van der Waals surface area (Å²) in [4.78, 5) is 27.8. The van der Waals surface area contributed by atoms with E-state index in [9.17, 15) is 4.79 Å². The average molecular weight is 337 g/mol. The van der Waals surface area contributed by atoms with Crippen molar-refractivity contribution in [2.75, 3.05) is 25.1 Å². The fraction of sp³-hybridized carbons (Fsp3) is 0.333. The van der Waals surface area contributed by atoms with Crippen LogP contribution in [-0.2, 0) is 16.6 Å². The summed E-state index contributed by atoms with van der Waals surface area (Å²) >= 11 is 0. The van der Waals surface area contributed by atoms with Gasteiger partial charge in [-0.2, -0.15) is 0 Å². The van der Waals surface area contributed by atoms with Gasteiger partial charge in [-0.25, -0.2) is 9.97 Å². The van der Waals surface area contributed by atoms with E-state index < -0.39 is 0 Å². The Hall–Kier alpha value is -2.96. The maximum atomic E-state index is 12.3. The topological polar surface area (TPSA) is 73.1 Å². The Morgan fingerprint density at radius 2 is 2.00 bits per heavy atom. The van der Waals surface area contributed by atoms with Gasteiger partial charge in [-0.05, 0) is 12.1 Å². The van der Waals surface area contributed by atoms with Crippen molar-refractivity contribution in [2.45, 2.75) is 5.92 Å². The van der Waals surface area contributed by atoms with Gasteiger partial charge in [0.05, 0.1) is 36.6 Å². The van der Waals surface area contributed by atoms with Crippen LogP contribution < -0.4 is 4.90 Å². The number of benzene rings is 1. The van der Waals surface area contributed by atoms with Crippen molar-refractivity contribution in [3.8, 4) is 0 Å². The Bertz CT molecular complexity index is 922. The normalized spacial score (nSPS) is 20.2. The molecule has 0 N–H and O–H groups in total. The number of aromatic nitrogens is 4. The average Bonchev–Trinajstić information content (AvgIpc) is 3.26. The van der Waals surface area contributed by atoms with Crippen LogP contribution in [0.5, 0.6) is 0 Å². The van der Waals surface area contributed by atoms with Gasteiger partial charge in [-0.1, -0.05) is 12.1 Å². The molecule has 4 rings (SSSR count). The number of carbonyl (C=O) groups is 1.